The maximum atomic E-state index is 10.6. The Hall–Kier alpha value is 0.100. The maximum absolute atomic E-state index is 10.6. The van der Waals surface area contributed by atoms with Gasteiger partial charge in [-0.2, -0.15) is 0 Å². The summed E-state index contributed by atoms with van der Waals surface area (Å²) >= 11 is 0. The monoisotopic (exact) mass is 188 g/mol. The van der Waals surface area contributed by atoms with Crippen LogP contribution in [0.25, 0.3) is 0 Å². The molecule has 0 aromatic heterocycles. The summed E-state index contributed by atoms with van der Waals surface area (Å²) in [5.74, 6) is 0. The van der Waals surface area contributed by atoms with Crippen molar-refractivity contribution < 1.29 is 4.57 Å². The standard InChI is InChI=1S/C10H21OP/c1-4-7-8-10(5-2,6-3)9-12-11/h4-9H2,1-3H3. The van der Waals surface area contributed by atoms with Gasteiger partial charge in [-0.25, -0.2) is 0 Å². The molecule has 2 heteroatoms. The van der Waals surface area contributed by atoms with Gasteiger partial charge in [0.25, 0.3) is 0 Å². The maximum Gasteiger partial charge on any atom is 0.155 e. The van der Waals surface area contributed by atoms with E-state index in [-0.39, 0.29) is 0 Å². The molecule has 1 nitrogen and oxygen atoms in total. The van der Waals surface area contributed by atoms with Crippen molar-refractivity contribution in [3.05, 3.63) is 0 Å². The number of hydrogen-bond acceptors (Lipinski definition) is 1. The Kier molecular flexibility index (Phi) is 6.65. The topological polar surface area (TPSA) is 17.1 Å². The van der Waals surface area contributed by atoms with Gasteiger partial charge >= 0.3 is 0 Å². The summed E-state index contributed by atoms with van der Waals surface area (Å²) < 4.78 is 10.6. The first-order chi connectivity index (χ1) is 5.74. The van der Waals surface area contributed by atoms with E-state index < -0.39 is 0 Å². The normalized spacial score (nSPS) is 12.2. The van der Waals surface area contributed by atoms with Crippen molar-refractivity contribution >= 4 is 8.46 Å². The molecule has 0 fully saturated rings. The molecule has 0 spiro atoms. The van der Waals surface area contributed by atoms with Gasteiger partial charge in [0.05, 0.1) is 0 Å². The lowest BCUT2D eigenvalue weighted by Gasteiger charge is -2.28. The largest absolute Gasteiger partial charge is 0.275 e. The first-order valence-electron chi connectivity index (χ1n) is 5.03. The van der Waals surface area contributed by atoms with E-state index in [0.717, 1.165) is 6.16 Å². The Morgan fingerprint density at radius 3 is 2.08 bits per heavy atom. The van der Waals surface area contributed by atoms with Gasteiger partial charge in [0, 0.05) is 6.16 Å². The Morgan fingerprint density at radius 2 is 1.75 bits per heavy atom. The highest BCUT2D eigenvalue weighted by molar-refractivity contribution is 7.23. The van der Waals surface area contributed by atoms with E-state index in [0.29, 0.717) is 13.9 Å². The van der Waals surface area contributed by atoms with E-state index in [4.69, 9.17) is 0 Å². The van der Waals surface area contributed by atoms with Gasteiger partial charge in [-0.3, -0.25) is 4.57 Å². The van der Waals surface area contributed by atoms with Crippen LogP contribution >= 0.6 is 8.46 Å². The number of hydrogen-bond donors (Lipinski definition) is 0. The molecule has 0 radical (unpaired) electrons. The second-order valence-electron chi connectivity index (χ2n) is 3.60. The Morgan fingerprint density at radius 1 is 1.17 bits per heavy atom. The Bertz CT molecular complexity index is 119. The summed E-state index contributed by atoms with van der Waals surface area (Å²) in [7, 11) is 0.321. The molecule has 0 bridgehead atoms. The summed E-state index contributed by atoms with van der Waals surface area (Å²) in [6.45, 7) is 6.64. The number of unbranched alkanes of at least 4 members (excludes halogenated alkanes) is 1. The summed E-state index contributed by atoms with van der Waals surface area (Å²) in [6, 6.07) is 0. The predicted octanol–water partition coefficient (Wildman–Crippen LogP) is 4.27. The van der Waals surface area contributed by atoms with Crippen molar-refractivity contribution in [3.63, 3.8) is 0 Å². The van der Waals surface area contributed by atoms with Crippen molar-refractivity contribution in [2.75, 3.05) is 6.16 Å². The third-order valence-corrected chi connectivity index (χ3v) is 3.76. The molecule has 0 heterocycles. The van der Waals surface area contributed by atoms with E-state index in [1.165, 1.54) is 32.1 Å². The zero-order valence-corrected chi connectivity index (χ0v) is 9.49. The van der Waals surface area contributed by atoms with Crippen molar-refractivity contribution in [3.8, 4) is 0 Å². The van der Waals surface area contributed by atoms with E-state index in [2.05, 4.69) is 20.8 Å². The minimum absolute atomic E-state index is 0.321. The average molecular weight is 188 g/mol. The van der Waals surface area contributed by atoms with Crippen LogP contribution < -0.4 is 0 Å². The second-order valence-corrected chi connectivity index (χ2v) is 4.17. The van der Waals surface area contributed by atoms with Crippen LogP contribution in [0.1, 0.15) is 52.9 Å². The van der Waals surface area contributed by atoms with Crippen molar-refractivity contribution in [1.29, 1.82) is 0 Å². The molecule has 0 aromatic rings. The lowest BCUT2D eigenvalue weighted by Crippen LogP contribution is -2.20. The van der Waals surface area contributed by atoms with Crippen LogP contribution in [0, 0.1) is 5.41 Å². The molecular formula is C10H21OP. The van der Waals surface area contributed by atoms with Gasteiger partial charge in [-0.15, -0.1) is 0 Å². The van der Waals surface area contributed by atoms with E-state index in [9.17, 15) is 4.57 Å². The minimum Gasteiger partial charge on any atom is -0.275 e. The molecule has 72 valence electrons. The zero-order valence-electron chi connectivity index (χ0n) is 8.60. The van der Waals surface area contributed by atoms with Crippen LogP contribution in [-0.2, 0) is 4.57 Å². The lowest BCUT2D eigenvalue weighted by atomic mass is 9.80. The average Bonchev–Trinajstić information content (AvgIpc) is 2.13. The van der Waals surface area contributed by atoms with Crippen molar-refractivity contribution in [2.24, 2.45) is 5.41 Å². The van der Waals surface area contributed by atoms with Crippen LogP contribution in [0.2, 0.25) is 0 Å². The lowest BCUT2D eigenvalue weighted by molar-refractivity contribution is 0.270. The molecule has 12 heavy (non-hydrogen) atoms. The molecular weight excluding hydrogens is 167 g/mol. The van der Waals surface area contributed by atoms with Crippen molar-refractivity contribution in [2.45, 2.75) is 52.9 Å². The first-order valence-corrected chi connectivity index (χ1v) is 6.03. The SMILES string of the molecule is CCCCC(CC)(CC)CP=O. The highest BCUT2D eigenvalue weighted by Crippen LogP contribution is 2.35. The zero-order chi connectivity index (χ0) is 9.45. The summed E-state index contributed by atoms with van der Waals surface area (Å²) in [5.41, 5.74) is 0.360. The Balaban J connectivity index is 4.03. The molecule has 0 aliphatic rings. The van der Waals surface area contributed by atoms with Crippen LogP contribution in [-0.4, -0.2) is 6.16 Å². The second kappa shape index (κ2) is 6.60. The molecule has 0 rings (SSSR count). The quantitative estimate of drug-likeness (QED) is 0.545. The fourth-order valence-corrected chi connectivity index (χ4v) is 2.47. The van der Waals surface area contributed by atoms with Gasteiger partial charge in [0.1, 0.15) is 0 Å². The van der Waals surface area contributed by atoms with Gasteiger partial charge in [-0.05, 0) is 24.7 Å². The molecule has 0 amide bonds. The molecule has 0 unspecified atom stereocenters. The van der Waals surface area contributed by atoms with Crippen molar-refractivity contribution in [1.82, 2.24) is 0 Å². The molecule has 0 atom stereocenters. The highest BCUT2D eigenvalue weighted by atomic mass is 31.1. The van der Waals surface area contributed by atoms with Crippen LogP contribution in [0.3, 0.4) is 0 Å². The van der Waals surface area contributed by atoms with E-state index in [1.54, 1.807) is 0 Å². The van der Waals surface area contributed by atoms with Gasteiger partial charge in [-0.1, -0.05) is 33.6 Å². The summed E-state index contributed by atoms with van der Waals surface area (Å²) in [4.78, 5) is 0. The van der Waals surface area contributed by atoms with Gasteiger partial charge in [0.2, 0.25) is 0 Å². The predicted molar refractivity (Wildman–Crippen MR) is 55.0 cm³/mol. The van der Waals surface area contributed by atoms with Crippen LogP contribution in [0.4, 0.5) is 0 Å². The minimum atomic E-state index is 0.321. The molecule has 0 N–H and O–H groups in total. The molecule has 0 saturated carbocycles. The third-order valence-electron chi connectivity index (χ3n) is 2.96. The Labute approximate surface area is 78.1 Å². The summed E-state index contributed by atoms with van der Waals surface area (Å²) in [6.07, 6.45) is 6.94. The molecule has 0 aromatic carbocycles. The number of rotatable bonds is 7. The third kappa shape index (κ3) is 3.67. The fraction of sp³-hybridized carbons (Fsp3) is 1.00. The summed E-state index contributed by atoms with van der Waals surface area (Å²) in [5, 5.41) is 0. The van der Waals surface area contributed by atoms with Gasteiger partial charge in [0.15, 0.2) is 8.46 Å². The molecule has 0 saturated heterocycles. The molecule has 0 aliphatic heterocycles. The first kappa shape index (κ1) is 12.1. The van der Waals surface area contributed by atoms with Gasteiger partial charge < -0.3 is 0 Å². The van der Waals surface area contributed by atoms with E-state index >= 15 is 0 Å². The fourth-order valence-electron chi connectivity index (χ4n) is 1.59. The van der Waals surface area contributed by atoms with Crippen LogP contribution in [0.15, 0.2) is 0 Å². The van der Waals surface area contributed by atoms with E-state index in [1.807, 2.05) is 0 Å². The van der Waals surface area contributed by atoms with Crippen LogP contribution in [0.5, 0.6) is 0 Å². The molecule has 0 aliphatic carbocycles. The smallest absolute Gasteiger partial charge is 0.155 e. The highest BCUT2D eigenvalue weighted by Gasteiger charge is 2.24.